The lowest BCUT2D eigenvalue weighted by Gasteiger charge is -2.48. The molecule has 1 saturated carbocycles. The fourth-order valence-electron chi connectivity index (χ4n) is 4.47. The molecule has 2 rings (SSSR count). The summed E-state index contributed by atoms with van der Waals surface area (Å²) in [6, 6.07) is 0. The van der Waals surface area contributed by atoms with Crippen molar-refractivity contribution in [1.29, 1.82) is 0 Å². The Balaban J connectivity index is 2.31. The van der Waals surface area contributed by atoms with Crippen molar-refractivity contribution in [1.82, 2.24) is 0 Å². The first-order valence-corrected chi connectivity index (χ1v) is 7.32. The highest BCUT2D eigenvalue weighted by Crippen LogP contribution is 2.50. The van der Waals surface area contributed by atoms with Crippen molar-refractivity contribution in [3.8, 4) is 0 Å². The van der Waals surface area contributed by atoms with Gasteiger partial charge in [0.25, 0.3) is 0 Å². The number of fused-ring (bicyclic) bond motifs is 1. The van der Waals surface area contributed by atoms with E-state index in [1.807, 2.05) is 6.92 Å². The second kappa shape index (κ2) is 5.07. The fourth-order valence-corrected chi connectivity index (χ4v) is 4.47. The molecule has 0 radical (unpaired) electrons. The van der Waals surface area contributed by atoms with E-state index >= 15 is 0 Å². The van der Waals surface area contributed by atoms with Crippen molar-refractivity contribution in [2.45, 2.75) is 47.0 Å². The molecule has 2 aliphatic carbocycles. The predicted octanol–water partition coefficient (Wildman–Crippen LogP) is 3.97. The molecule has 1 unspecified atom stereocenters. The molecule has 1 N–H and O–H groups in total. The van der Waals surface area contributed by atoms with Crippen LogP contribution in [0.2, 0.25) is 0 Å². The van der Waals surface area contributed by atoms with Crippen LogP contribution in [0.4, 0.5) is 0 Å². The summed E-state index contributed by atoms with van der Waals surface area (Å²) in [5.41, 5.74) is 1.46. The van der Waals surface area contributed by atoms with Gasteiger partial charge in [-0.1, -0.05) is 32.4 Å². The van der Waals surface area contributed by atoms with Gasteiger partial charge < -0.3 is 5.11 Å². The Labute approximate surface area is 110 Å². The minimum Gasteiger partial charge on any atom is -0.481 e. The van der Waals surface area contributed by atoms with Crippen LogP contribution in [0.15, 0.2) is 11.6 Å². The van der Waals surface area contributed by atoms with Gasteiger partial charge in [-0.15, -0.1) is 0 Å². The normalized spacial score (nSPS) is 41.8. The summed E-state index contributed by atoms with van der Waals surface area (Å²) in [7, 11) is 0. The van der Waals surface area contributed by atoms with Crippen LogP contribution < -0.4 is 0 Å². The van der Waals surface area contributed by atoms with E-state index in [0.29, 0.717) is 23.7 Å². The zero-order chi connectivity index (χ0) is 13.4. The Morgan fingerprint density at radius 3 is 2.67 bits per heavy atom. The molecule has 0 amide bonds. The van der Waals surface area contributed by atoms with Gasteiger partial charge >= 0.3 is 5.97 Å². The van der Waals surface area contributed by atoms with Crippen LogP contribution in [0.3, 0.4) is 0 Å². The first kappa shape index (κ1) is 13.6. The minimum atomic E-state index is -0.628. The molecule has 2 heteroatoms. The van der Waals surface area contributed by atoms with Crippen molar-refractivity contribution in [3.05, 3.63) is 11.6 Å². The SMILES string of the molecule is CC1=C[C@H]2[C@@H](CC1)[C@H](C)CC(C)[C@H]2[C@H](C)C(=O)O. The van der Waals surface area contributed by atoms with E-state index in [9.17, 15) is 9.90 Å². The quantitative estimate of drug-likeness (QED) is 0.753. The van der Waals surface area contributed by atoms with Gasteiger partial charge in [0, 0.05) is 0 Å². The Morgan fingerprint density at radius 2 is 2.06 bits per heavy atom. The minimum absolute atomic E-state index is 0.220. The highest BCUT2D eigenvalue weighted by atomic mass is 16.4. The van der Waals surface area contributed by atoms with Gasteiger partial charge in [-0.05, 0) is 55.8 Å². The molecular weight excluding hydrogens is 224 g/mol. The van der Waals surface area contributed by atoms with Crippen LogP contribution in [-0.2, 0) is 4.79 Å². The lowest BCUT2D eigenvalue weighted by Crippen LogP contribution is -2.43. The second-order valence-electron chi connectivity index (χ2n) is 6.69. The molecule has 102 valence electrons. The number of allylic oxidation sites excluding steroid dienone is 2. The number of rotatable bonds is 2. The van der Waals surface area contributed by atoms with Gasteiger partial charge in [0.2, 0.25) is 0 Å². The Morgan fingerprint density at radius 1 is 1.39 bits per heavy atom. The molecule has 0 spiro atoms. The van der Waals surface area contributed by atoms with Crippen LogP contribution in [0.25, 0.3) is 0 Å². The van der Waals surface area contributed by atoms with E-state index in [0.717, 1.165) is 5.92 Å². The van der Waals surface area contributed by atoms with E-state index in [-0.39, 0.29) is 5.92 Å². The molecule has 2 nitrogen and oxygen atoms in total. The van der Waals surface area contributed by atoms with E-state index in [2.05, 4.69) is 26.8 Å². The van der Waals surface area contributed by atoms with Gasteiger partial charge in [-0.2, -0.15) is 0 Å². The van der Waals surface area contributed by atoms with Crippen molar-refractivity contribution >= 4 is 5.97 Å². The van der Waals surface area contributed by atoms with Gasteiger partial charge in [0.1, 0.15) is 0 Å². The number of hydrogen-bond acceptors (Lipinski definition) is 1. The highest BCUT2D eigenvalue weighted by Gasteiger charge is 2.45. The largest absolute Gasteiger partial charge is 0.481 e. The summed E-state index contributed by atoms with van der Waals surface area (Å²) in [4.78, 5) is 11.4. The van der Waals surface area contributed by atoms with E-state index < -0.39 is 5.97 Å². The molecule has 0 saturated heterocycles. The van der Waals surface area contributed by atoms with Gasteiger partial charge in [-0.25, -0.2) is 0 Å². The molecule has 6 atom stereocenters. The average Bonchev–Trinajstić information content (AvgIpc) is 2.27. The predicted molar refractivity (Wildman–Crippen MR) is 73.2 cm³/mol. The van der Waals surface area contributed by atoms with Gasteiger partial charge in [-0.3, -0.25) is 4.79 Å². The van der Waals surface area contributed by atoms with E-state index in [4.69, 9.17) is 0 Å². The maximum absolute atomic E-state index is 11.4. The summed E-state index contributed by atoms with van der Waals surface area (Å²) >= 11 is 0. The zero-order valence-corrected chi connectivity index (χ0v) is 12.0. The summed E-state index contributed by atoms with van der Waals surface area (Å²) in [5.74, 6) is 1.93. The van der Waals surface area contributed by atoms with Crippen LogP contribution in [-0.4, -0.2) is 11.1 Å². The van der Waals surface area contributed by atoms with Crippen LogP contribution >= 0.6 is 0 Å². The molecule has 18 heavy (non-hydrogen) atoms. The molecule has 2 aliphatic rings. The van der Waals surface area contributed by atoms with E-state index in [1.165, 1.54) is 24.8 Å². The smallest absolute Gasteiger partial charge is 0.306 e. The first-order chi connectivity index (χ1) is 8.41. The summed E-state index contributed by atoms with van der Waals surface area (Å²) in [6.07, 6.45) is 6.04. The Kier molecular flexibility index (Phi) is 3.84. The standard InChI is InChI=1S/C16H26O2/c1-9-5-6-13-10(2)8-11(3)15(14(13)7-9)12(4)16(17)18/h7,10-15H,5-6,8H2,1-4H3,(H,17,18)/t10-,11?,12+,13+,14+,15+/m1/s1. The average molecular weight is 250 g/mol. The molecule has 0 aromatic rings. The van der Waals surface area contributed by atoms with Crippen LogP contribution in [0.5, 0.6) is 0 Å². The number of aliphatic carboxylic acids is 1. The Bertz CT molecular complexity index is 358. The molecular formula is C16H26O2. The van der Waals surface area contributed by atoms with Crippen LogP contribution in [0.1, 0.15) is 47.0 Å². The molecule has 0 bridgehead atoms. The second-order valence-corrected chi connectivity index (χ2v) is 6.69. The van der Waals surface area contributed by atoms with Crippen molar-refractivity contribution in [3.63, 3.8) is 0 Å². The highest BCUT2D eigenvalue weighted by molar-refractivity contribution is 5.70. The molecule has 0 aromatic heterocycles. The molecule has 0 aromatic carbocycles. The number of carbonyl (C=O) groups is 1. The summed E-state index contributed by atoms with van der Waals surface area (Å²) < 4.78 is 0. The number of carboxylic acid groups (broad SMARTS) is 1. The lowest BCUT2D eigenvalue weighted by atomic mass is 9.56. The van der Waals surface area contributed by atoms with Crippen molar-refractivity contribution in [2.24, 2.45) is 35.5 Å². The first-order valence-electron chi connectivity index (χ1n) is 7.32. The third-order valence-electron chi connectivity index (χ3n) is 5.39. The third kappa shape index (κ3) is 2.34. The lowest BCUT2D eigenvalue weighted by molar-refractivity contribution is -0.146. The van der Waals surface area contributed by atoms with Crippen LogP contribution in [0, 0.1) is 35.5 Å². The number of hydrogen-bond donors (Lipinski definition) is 1. The summed E-state index contributed by atoms with van der Waals surface area (Å²) in [5, 5.41) is 9.35. The zero-order valence-electron chi connectivity index (χ0n) is 12.0. The Hall–Kier alpha value is -0.790. The van der Waals surface area contributed by atoms with Crippen molar-refractivity contribution in [2.75, 3.05) is 0 Å². The number of carboxylic acids is 1. The molecule has 0 heterocycles. The van der Waals surface area contributed by atoms with E-state index in [1.54, 1.807) is 0 Å². The third-order valence-corrected chi connectivity index (χ3v) is 5.39. The topological polar surface area (TPSA) is 37.3 Å². The summed E-state index contributed by atoms with van der Waals surface area (Å²) in [6.45, 7) is 8.69. The molecule has 1 fully saturated rings. The monoisotopic (exact) mass is 250 g/mol. The maximum Gasteiger partial charge on any atom is 0.306 e. The van der Waals surface area contributed by atoms with Gasteiger partial charge in [0.15, 0.2) is 0 Å². The van der Waals surface area contributed by atoms with Crippen molar-refractivity contribution < 1.29 is 9.90 Å². The van der Waals surface area contributed by atoms with Gasteiger partial charge in [0.05, 0.1) is 5.92 Å². The molecule has 0 aliphatic heterocycles. The maximum atomic E-state index is 11.4. The fraction of sp³-hybridized carbons (Fsp3) is 0.812.